The molecule has 2 N–H and O–H groups in total. The quantitative estimate of drug-likeness (QED) is 0.666. The van der Waals surface area contributed by atoms with Crippen molar-refractivity contribution in [1.82, 2.24) is 0 Å². The van der Waals surface area contributed by atoms with E-state index in [-0.39, 0.29) is 11.8 Å². The van der Waals surface area contributed by atoms with Crippen LogP contribution in [0.4, 0.5) is 11.4 Å². The third-order valence-electron chi connectivity index (χ3n) is 4.57. The monoisotopic (exact) mass is 383 g/mol. The number of benzene rings is 3. The number of carbonyl (C=O) groups excluding carboxylic acids is 2. The number of rotatable bonds is 4. The first-order valence-corrected chi connectivity index (χ1v) is 9.18. The van der Waals surface area contributed by atoms with Crippen LogP contribution >= 0.6 is 0 Å². The lowest BCUT2D eigenvalue weighted by molar-refractivity contribution is 0.102. The highest BCUT2D eigenvalue weighted by Crippen LogP contribution is 2.23. The molecule has 0 unspecified atom stereocenters. The highest BCUT2D eigenvalue weighted by molar-refractivity contribution is 6.09. The average Bonchev–Trinajstić information content (AvgIpc) is 2.71. The van der Waals surface area contributed by atoms with E-state index in [1.807, 2.05) is 39.0 Å². The number of carbonyl (C=O) groups is 2. The van der Waals surface area contributed by atoms with Crippen molar-refractivity contribution in [2.45, 2.75) is 20.8 Å². The van der Waals surface area contributed by atoms with Crippen LogP contribution in [-0.2, 0) is 0 Å². The van der Waals surface area contributed by atoms with Gasteiger partial charge in [0.1, 0.15) is 0 Å². The summed E-state index contributed by atoms with van der Waals surface area (Å²) in [5, 5.41) is 14.6. The Kier molecular flexibility index (Phi) is 5.75. The highest BCUT2D eigenvalue weighted by Gasteiger charge is 2.13. The zero-order chi connectivity index (χ0) is 21.0. The molecule has 0 radical (unpaired) electrons. The first kappa shape index (κ1) is 19.8. The van der Waals surface area contributed by atoms with Crippen LogP contribution in [0.25, 0.3) is 0 Å². The van der Waals surface area contributed by atoms with E-state index >= 15 is 0 Å². The molecular formula is C24H21N3O2. The third-order valence-corrected chi connectivity index (χ3v) is 4.57. The van der Waals surface area contributed by atoms with E-state index in [0.717, 1.165) is 22.4 Å². The second-order valence-corrected chi connectivity index (χ2v) is 6.95. The number of nitrogens with one attached hydrogen (secondary N) is 2. The zero-order valence-electron chi connectivity index (χ0n) is 16.5. The van der Waals surface area contributed by atoms with E-state index < -0.39 is 0 Å². The Balaban J connectivity index is 1.77. The minimum Gasteiger partial charge on any atom is -0.322 e. The Morgan fingerprint density at radius 2 is 1.34 bits per heavy atom. The van der Waals surface area contributed by atoms with Crippen molar-refractivity contribution >= 4 is 23.2 Å². The van der Waals surface area contributed by atoms with Crippen LogP contribution in [0, 0.1) is 32.1 Å². The summed E-state index contributed by atoms with van der Waals surface area (Å²) in [6.45, 7) is 5.93. The minimum absolute atomic E-state index is 0.270. The van der Waals surface area contributed by atoms with Crippen molar-refractivity contribution in [3.05, 3.63) is 94.0 Å². The molecule has 3 rings (SSSR count). The van der Waals surface area contributed by atoms with Crippen LogP contribution in [0.5, 0.6) is 0 Å². The molecule has 0 aliphatic heterocycles. The molecule has 0 aliphatic rings. The summed E-state index contributed by atoms with van der Waals surface area (Å²) >= 11 is 0. The van der Waals surface area contributed by atoms with Crippen molar-refractivity contribution in [2.75, 3.05) is 10.6 Å². The van der Waals surface area contributed by atoms with Crippen LogP contribution in [0.1, 0.15) is 43.0 Å². The molecule has 0 atom stereocenters. The van der Waals surface area contributed by atoms with Gasteiger partial charge < -0.3 is 10.6 Å². The van der Waals surface area contributed by atoms with E-state index in [0.29, 0.717) is 22.4 Å². The molecule has 5 nitrogen and oxygen atoms in total. The number of anilines is 2. The summed E-state index contributed by atoms with van der Waals surface area (Å²) in [5.74, 6) is -0.597. The lowest BCUT2D eigenvalue weighted by Crippen LogP contribution is -2.16. The van der Waals surface area contributed by atoms with Gasteiger partial charge in [-0.15, -0.1) is 0 Å². The molecule has 144 valence electrons. The van der Waals surface area contributed by atoms with Crippen LogP contribution in [0.3, 0.4) is 0 Å². The standard InChI is InChI=1S/C24H21N3O2/c1-15-11-16(2)22(17(3)12-15)27-24(29)20-6-4-5-19(13-20)23(28)26-21-9-7-18(14-25)8-10-21/h4-13H,1-3H3,(H,26,28)(H,27,29). The highest BCUT2D eigenvalue weighted by atomic mass is 16.2. The smallest absolute Gasteiger partial charge is 0.255 e. The summed E-state index contributed by atoms with van der Waals surface area (Å²) in [7, 11) is 0. The molecule has 0 aliphatic carbocycles. The number of amides is 2. The van der Waals surface area contributed by atoms with E-state index in [1.54, 1.807) is 48.5 Å². The van der Waals surface area contributed by atoms with E-state index in [9.17, 15) is 9.59 Å². The van der Waals surface area contributed by atoms with E-state index in [2.05, 4.69) is 10.6 Å². The lowest BCUT2D eigenvalue weighted by atomic mass is 10.0. The SMILES string of the molecule is Cc1cc(C)c(NC(=O)c2cccc(C(=O)Nc3ccc(C#N)cc3)c2)c(C)c1. The number of aryl methyl sites for hydroxylation is 3. The minimum atomic E-state index is -0.327. The number of hydrogen-bond donors (Lipinski definition) is 2. The lowest BCUT2D eigenvalue weighted by Gasteiger charge is -2.13. The molecule has 3 aromatic carbocycles. The fraction of sp³-hybridized carbons (Fsp3) is 0.125. The molecule has 0 fully saturated rings. The predicted octanol–water partition coefficient (Wildman–Crippen LogP) is 4.99. The van der Waals surface area contributed by atoms with Gasteiger partial charge in [0, 0.05) is 22.5 Å². The third kappa shape index (κ3) is 4.69. The van der Waals surface area contributed by atoms with Crippen molar-refractivity contribution in [2.24, 2.45) is 0 Å². The summed E-state index contributed by atoms with van der Waals surface area (Å²) in [4.78, 5) is 25.3. The van der Waals surface area contributed by atoms with Crippen LogP contribution in [0.15, 0.2) is 60.7 Å². The topological polar surface area (TPSA) is 82.0 Å². The molecule has 5 heteroatoms. The summed E-state index contributed by atoms with van der Waals surface area (Å²) in [5.41, 5.74) is 5.78. The van der Waals surface area contributed by atoms with Gasteiger partial charge in [-0.2, -0.15) is 5.26 Å². The maximum atomic E-state index is 12.7. The summed E-state index contributed by atoms with van der Waals surface area (Å²) < 4.78 is 0. The second-order valence-electron chi connectivity index (χ2n) is 6.95. The van der Waals surface area contributed by atoms with Gasteiger partial charge in [-0.3, -0.25) is 9.59 Å². The number of nitrogens with zero attached hydrogens (tertiary/aromatic N) is 1. The molecular weight excluding hydrogens is 362 g/mol. The molecule has 3 aromatic rings. The first-order chi connectivity index (χ1) is 13.9. The average molecular weight is 383 g/mol. The number of hydrogen-bond acceptors (Lipinski definition) is 3. The first-order valence-electron chi connectivity index (χ1n) is 9.18. The predicted molar refractivity (Wildman–Crippen MR) is 114 cm³/mol. The maximum Gasteiger partial charge on any atom is 0.255 e. The Morgan fingerprint density at radius 1 is 0.793 bits per heavy atom. The molecule has 0 saturated heterocycles. The van der Waals surface area contributed by atoms with E-state index in [1.165, 1.54) is 0 Å². The Morgan fingerprint density at radius 3 is 1.90 bits per heavy atom. The second kappa shape index (κ2) is 8.41. The van der Waals surface area contributed by atoms with Gasteiger partial charge >= 0.3 is 0 Å². The fourth-order valence-corrected chi connectivity index (χ4v) is 3.20. The van der Waals surface area contributed by atoms with E-state index in [4.69, 9.17) is 5.26 Å². The Labute approximate surface area is 170 Å². The van der Waals surface area contributed by atoms with Gasteiger partial charge in [0.25, 0.3) is 11.8 Å². The van der Waals surface area contributed by atoms with Gasteiger partial charge in [0.05, 0.1) is 11.6 Å². The van der Waals surface area contributed by atoms with Crippen LogP contribution in [-0.4, -0.2) is 11.8 Å². The van der Waals surface area contributed by atoms with Gasteiger partial charge in [-0.1, -0.05) is 23.8 Å². The molecule has 0 heterocycles. The molecule has 0 saturated carbocycles. The Bertz CT molecular complexity index is 1100. The molecule has 0 bridgehead atoms. The van der Waals surface area contributed by atoms with Crippen LogP contribution in [0.2, 0.25) is 0 Å². The molecule has 0 spiro atoms. The molecule has 2 amide bonds. The van der Waals surface area contributed by atoms with Gasteiger partial charge in [-0.05, 0) is 74.4 Å². The Hall–Kier alpha value is -3.91. The number of nitriles is 1. The molecule has 29 heavy (non-hydrogen) atoms. The van der Waals surface area contributed by atoms with Gasteiger partial charge in [0.15, 0.2) is 0 Å². The summed E-state index contributed by atoms with van der Waals surface area (Å²) in [6, 6.07) is 19.2. The van der Waals surface area contributed by atoms with Crippen molar-refractivity contribution < 1.29 is 9.59 Å². The zero-order valence-corrected chi connectivity index (χ0v) is 16.5. The van der Waals surface area contributed by atoms with Crippen molar-refractivity contribution in [1.29, 1.82) is 5.26 Å². The normalized spacial score (nSPS) is 10.1. The van der Waals surface area contributed by atoms with Gasteiger partial charge in [-0.25, -0.2) is 0 Å². The molecule has 0 aromatic heterocycles. The van der Waals surface area contributed by atoms with Crippen molar-refractivity contribution in [3.8, 4) is 6.07 Å². The van der Waals surface area contributed by atoms with Gasteiger partial charge in [0.2, 0.25) is 0 Å². The summed E-state index contributed by atoms with van der Waals surface area (Å²) in [6.07, 6.45) is 0. The maximum absolute atomic E-state index is 12.7. The largest absolute Gasteiger partial charge is 0.322 e. The van der Waals surface area contributed by atoms with Crippen molar-refractivity contribution in [3.63, 3.8) is 0 Å². The fourth-order valence-electron chi connectivity index (χ4n) is 3.20. The van der Waals surface area contributed by atoms with Crippen LogP contribution < -0.4 is 10.6 Å².